The lowest BCUT2D eigenvalue weighted by Crippen LogP contribution is -2.46. The van der Waals surface area contributed by atoms with Gasteiger partial charge in [0.2, 0.25) is 0 Å². The summed E-state index contributed by atoms with van der Waals surface area (Å²) in [5, 5.41) is 15.3. The van der Waals surface area contributed by atoms with Crippen molar-refractivity contribution in [1.82, 2.24) is 24.8 Å². The third-order valence-corrected chi connectivity index (χ3v) is 6.22. The van der Waals surface area contributed by atoms with Crippen LogP contribution in [0.1, 0.15) is 29.8 Å². The number of alkyl halides is 4. The van der Waals surface area contributed by atoms with E-state index in [-0.39, 0.29) is 17.8 Å². The highest BCUT2D eigenvalue weighted by Crippen LogP contribution is 2.39. The number of anilines is 1. The Morgan fingerprint density at radius 3 is 2.51 bits per heavy atom. The minimum absolute atomic E-state index is 0.197. The van der Waals surface area contributed by atoms with Gasteiger partial charge in [0.05, 0.1) is 34.4 Å². The molecule has 198 valence electrons. The molecule has 3 heterocycles. The van der Waals surface area contributed by atoms with E-state index in [0.717, 1.165) is 27.9 Å². The summed E-state index contributed by atoms with van der Waals surface area (Å²) in [4.78, 5) is 29.8. The molecule has 1 fully saturated rings. The number of carbonyl (C=O) groups excluding carboxylic acids is 2. The molecular formula is C22H20ClF5N6O3. The van der Waals surface area contributed by atoms with Crippen molar-refractivity contribution in [3.05, 3.63) is 46.5 Å². The van der Waals surface area contributed by atoms with Gasteiger partial charge in [0.15, 0.2) is 5.82 Å². The van der Waals surface area contributed by atoms with E-state index < -0.39 is 75.7 Å². The SMILES string of the molecule is CC(C)(O)C(=O)N1C[C@H](F)[C@H](NC(=O)c2cc(-c3cc(C(F)(F)F)c4c(N)ncnn34)cc(F)c2Cl)C1. The molecule has 1 aliphatic heterocycles. The highest BCUT2D eigenvalue weighted by molar-refractivity contribution is 6.34. The zero-order valence-electron chi connectivity index (χ0n) is 19.3. The van der Waals surface area contributed by atoms with Crippen LogP contribution in [-0.2, 0) is 11.0 Å². The number of likely N-dealkylation sites (tertiary alicyclic amines) is 1. The monoisotopic (exact) mass is 546 g/mol. The molecule has 15 heteroatoms. The molecule has 3 aromatic rings. The fraction of sp³-hybridized carbons (Fsp3) is 0.364. The Labute approximate surface area is 211 Å². The zero-order valence-corrected chi connectivity index (χ0v) is 20.0. The van der Waals surface area contributed by atoms with E-state index in [1.807, 2.05) is 0 Å². The molecule has 2 atom stereocenters. The van der Waals surface area contributed by atoms with E-state index in [9.17, 15) is 36.6 Å². The van der Waals surface area contributed by atoms with Gasteiger partial charge in [-0.05, 0) is 32.0 Å². The summed E-state index contributed by atoms with van der Waals surface area (Å²) >= 11 is 5.97. The number of amides is 2. The van der Waals surface area contributed by atoms with Gasteiger partial charge in [0.1, 0.15) is 29.4 Å². The lowest BCUT2D eigenvalue weighted by Gasteiger charge is -2.24. The summed E-state index contributed by atoms with van der Waals surface area (Å²) in [6.45, 7) is 1.80. The van der Waals surface area contributed by atoms with Crippen molar-refractivity contribution in [3.8, 4) is 11.3 Å². The molecule has 0 aliphatic carbocycles. The molecule has 0 saturated carbocycles. The standard InChI is InChI=1S/C22H20ClF5N6O3/c1-21(2,37)20(36)33-6-13(25)14(7-33)32-19(35)10-3-9(4-12(24)16(10)23)15-5-11(22(26,27)28)17-18(29)30-8-31-34(15)17/h3-5,8,13-14,37H,6-7H2,1-2H3,(H,32,35)(H2,29,30,31)/t13-,14+/m0/s1. The Morgan fingerprint density at radius 1 is 1.22 bits per heavy atom. The lowest BCUT2D eigenvalue weighted by molar-refractivity contribution is -0.146. The van der Waals surface area contributed by atoms with Crippen LogP contribution in [0.4, 0.5) is 27.8 Å². The Morgan fingerprint density at radius 2 is 1.89 bits per heavy atom. The van der Waals surface area contributed by atoms with Crippen molar-refractivity contribution in [2.75, 3.05) is 18.8 Å². The first kappa shape index (κ1) is 26.5. The predicted octanol–water partition coefficient (Wildman–Crippen LogP) is 2.84. The van der Waals surface area contributed by atoms with Crippen LogP contribution < -0.4 is 11.1 Å². The minimum Gasteiger partial charge on any atom is -0.382 e. The lowest BCUT2D eigenvalue weighted by atomic mass is 10.1. The highest BCUT2D eigenvalue weighted by Gasteiger charge is 2.41. The summed E-state index contributed by atoms with van der Waals surface area (Å²) < 4.78 is 71.1. The largest absolute Gasteiger partial charge is 0.418 e. The van der Waals surface area contributed by atoms with Crippen LogP contribution in [0, 0.1) is 5.82 Å². The van der Waals surface area contributed by atoms with Crippen molar-refractivity contribution in [1.29, 1.82) is 0 Å². The molecule has 2 aromatic heterocycles. The van der Waals surface area contributed by atoms with Gasteiger partial charge in [-0.25, -0.2) is 18.3 Å². The van der Waals surface area contributed by atoms with E-state index in [1.54, 1.807) is 0 Å². The van der Waals surface area contributed by atoms with Gasteiger partial charge in [-0.15, -0.1) is 0 Å². The number of hydrogen-bond donors (Lipinski definition) is 3. The molecule has 0 bridgehead atoms. The zero-order chi connectivity index (χ0) is 27.4. The number of carbonyl (C=O) groups is 2. The number of nitrogens with one attached hydrogen (secondary N) is 1. The van der Waals surface area contributed by atoms with Gasteiger partial charge in [-0.2, -0.15) is 18.3 Å². The Kier molecular flexibility index (Phi) is 6.53. The van der Waals surface area contributed by atoms with Crippen molar-refractivity contribution < 1.29 is 36.6 Å². The quantitative estimate of drug-likeness (QED) is 0.432. The second-order valence-electron chi connectivity index (χ2n) is 9.03. The smallest absolute Gasteiger partial charge is 0.382 e. The maximum Gasteiger partial charge on any atom is 0.418 e. The van der Waals surface area contributed by atoms with Gasteiger partial charge >= 0.3 is 6.18 Å². The number of rotatable bonds is 4. The fourth-order valence-corrected chi connectivity index (χ4v) is 4.29. The van der Waals surface area contributed by atoms with Gasteiger partial charge in [0.25, 0.3) is 11.8 Å². The van der Waals surface area contributed by atoms with Crippen LogP contribution in [0.2, 0.25) is 5.02 Å². The second-order valence-corrected chi connectivity index (χ2v) is 9.41. The summed E-state index contributed by atoms with van der Waals surface area (Å²) in [6.07, 6.45) is -5.64. The summed E-state index contributed by atoms with van der Waals surface area (Å²) in [6, 6.07) is 1.32. The molecule has 9 nitrogen and oxygen atoms in total. The molecule has 2 amide bonds. The molecule has 0 radical (unpaired) electrons. The predicted molar refractivity (Wildman–Crippen MR) is 122 cm³/mol. The normalized spacial score (nSPS) is 18.5. The van der Waals surface area contributed by atoms with Crippen LogP contribution >= 0.6 is 11.6 Å². The molecule has 0 unspecified atom stereocenters. The van der Waals surface area contributed by atoms with Crippen LogP contribution in [0.15, 0.2) is 24.5 Å². The molecule has 1 aliphatic rings. The first-order valence-electron chi connectivity index (χ1n) is 10.7. The molecule has 4 N–H and O–H groups in total. The number of hydrogen-bond acceptors (Lipinski definition) is 6. The molecule has 1 saturated heterocycles. The van der Waals surface area contributed by atoms with Crippen LogP contribution in [-0.4, -0.2) is 67.3 Å². The van der Waals surface area contributed by atoms with Gasteiger partial charge in [-0.3, -0.25) is 9.59 Å². The maximum atomic E-state index is 14.7. The highest BCUT2D eigenvalue weighted by atomic mass is 35.5. The number of benzene rings is 1. The van der Waals surface area contributed by atoms with Crippen molar-refractivity contribution in [2.45, 2.75) is 37.8 Å². The van der Waals surface area contributed by atoms with Crippen molar-refractivity contribution in [3.63, 3.8) is 0 Å². The Hall–Kier alpha value is -3.52. The molecular weight excluding hydrogens is 527 g/mol. The van der Waals surface area contributed by atoms with E-state index in [0.29, 0.717) is 6.07 Å². The summed E-state index contributed by atoms with van der Waals surface area (Å²) in [5.74, 6) is -3.37. The van der Waals surface area contributed by atoms with Gasteiger partial charge < -0.3 is 21.1 Å². The van der Waals surface area contributed by atoms with Crippen molar-refractivity contribution in [2.24, 2.45) is 0 Å². The Balaban J connectivity index is 1.70. The first-order chi connectivity index (χ1) is 17.1. The number of halogens is 6. The second kappa shape index (κ2) is 9.10. The molecule has 4 rings (SSSR count). The van der Waals surface area contributed by atoms with E-state index >= 15 is 0 Å². The molecule has 37 heavy (non-hydrogen) atoms. The average Bonchev–Trinajstić information content (AvgIpc) is 3.36. The third kappa shape index (κ3) is 4.90. The number of nitrogen functional groups attached to an aromatic ring is 1. The molecule has 0 spiro atoms. The van der Waals surface area contributed by atoms with E-state index in [4.69, 9.17) is 17.3 Å². The Bertz CT molecular complexity index is 1400. The number of aliphatic hydroxyl groups is 1. The summed E-state index contributed by atoms with van der Waals surface area (Å²) in [7, 11) is 0. The van der Waals surface area contributed by atoms with Gasteiger partial charge in [-0.1, -0.05) is 11.6 Å². The number of fused-ring (bicyclic) bond motifs is 1. The summed E-state index contributed by atoms with van der Waals surface area (Å²) in [5.41, 5.74) is 1.19. The topological polar surface area (TPSA) is 126 Å². The first-order valence-corrected chi connectivity index (χ1v) is 11.1. The molecule has 1 aromatic carbocycles. The maximum absolute atomic E-state index is 14.7. The van der Waals surface area contributed by atoms with Gasteiger partial charge in [0, 0.05) is 12.1 Å². The number of nitrogens with zero attached hydrogens (tertiary/aromatic N) is 4. The number of nitrogens with two attached hydrogens (primary N) is 1. The van der Waals surface area contributed by atoms with Crippen LogP contribution in [0.25, 0.3) is 16.8 Å². The number of aromatic nitrogens is 3. The average molecular weight is 547 g/mol. The minimum atomic E-state index is -4.85. The van der Waals surface area contributed by atoms with Crippen LogP contribution in [0.5, 0.6) is 0 Å². The van der Waals surface area contributed by atoms with Crippen LogP contribution in [0.3, 0.4) is 0 Å². The van der Waals surface area contributed by atoms with E-state index in [2.05, 4.69) is 15.4 Å². The fourth-order valence-electron chi connectivity index (χ4n) is 4.09. The van der Waals surface area contributed by atoms with E-state index in [1.165, 1.54) is 13.8 Å². The van der Waals surface area contributed by atoms with Crippen molar-refractivity contribution >= 4 is 34.7 Å². The third-order valence-electron chi connectivity index (χ3n) is 5.83.